The third-order valence-corrected chi connectivity index (χ3v) is 2.49. The van der Waals surface area contributed by atoms with Crippen molar-refractivity contribution in [2.45, 2.75) is 25.8 Å². The summed E-state index contributed by atoms with van der Waals surface area (Å²) >= 11 is 0. The zero-order valence-electron chi connectivity index (χ0n) is 9.32. The van der Waals surface area contributed by atoms with Crippen LogP contribution >= 0.6 is 0 Å². The van der Waals surface area contributed by atoms with E-state index in [2.05, 4.69) is 5.32 Å². The van der Waals surface area contributed by atoms with Crippen LogP contribution in [0.25, 0.3) is 0 Å². The van der Waals surface area contributed by atoms with Gasteiger partial charge in [-0.1, -0.05) is 6.07 Å². The highest BCUT2D eigenvalue weighted by atomic mass is 16.5. The van der Waals surface area contributed by atoms with E-state index < -0.39 is 0 Å². The van der Waals surface area contributed by atoms with Crippen LogP contribution < -0.4 is 15.8 Å². The number of benzene rings is 1. The average Bonchev–Trinajstić information content (AvgIpc) is 3.05. The van der Waals surface area contributed by atoms with Crippen LogP contribution in [-0.4, -0.2) is 18.6 Å². The minimum Gasteiger partial charge on any atom is -0.491 e. The van der Waals surface area contributed by atoms with Crippen LogP contribution in [0.3, 0.4) is 0 Å². The van der Waals surface area contributed by atoms with Crippen molar-refractivity contribution in [1.82, 2.24) is 5.32 Å². The lowest BCUT2D eigenvalue weighted by atomic mass is 10.1. The van der Waals surface area contributed by atoms with Gasteiger partial charge in [-0.3, -0.25) is 4.79 Å². The van der Waals surface area contributed by atoms with Gasteiger partial charge in [0.05, 0.1) is 17.9 Å². The Morgan fingerprint density at radius 3 is 2.94 bits per heavy atom. The number of amides is 1. The molecule has 0 aliphatic heterocycles. The highest BCUT2D eigenvalue weighted by Crippen LogP contribution is 2.27. The van der Waals surface area contributed by atoms with E-state index in [-0.39, 0.29) is 5.91 Å². The van der Waals surface area contributed by atoms with Crippen molar-refractivity contribution >= 4 is 11.6 Å². The summed E-state index contributed by atoms with van der Waals surface area (Å²) in [5.74, 6) is 0.390. The number of rotatable bonds is 4. The summed E-state index contributed by atoms with van der Waals surface area (Å²) in [6, 6.07) is 5.57. The lowest BCUT2D eigenvalue weighted by molar-refractivity contribution is 0.0947. The SMILES string of the molecule is CCOc1c(N)cccc1C(=O)NC1CC1. The van der Waals surface area contributed by atoms with Crippen molar-refractivity contribution in [3.8, 4) is 5.75 Å². The van der Waals surface area contributed by atoms with Crippen molar-refractivity contribution in [3.05, 3.63) is 23.8 Å². The number of carbonyl (C=O) groups is 1. The molecule has 86 valence electrons. The Bertz CT molecular complexity index is 400. The first-order valence-electron chi connectivity index (χ1n) is 5.54. The second kappa shape index (κ2) is 4.43. The third-order valence-electron chi connectivity index (χ3n) is 2.49. The van der Waals surface area contributed by atoms with Gasteiger partial charge in [-0.05, 0) is 31.9 Å². The molecular weight excluding hydrogens is 204 g/mol. The second-order valence-corrected chi connectivity index (χ2v) is 3.90. The van der Waals surface area contributed by atoms with Gasteiger partial charge in [0.1, 0.15) is 0 Å². The van der Waals surface area contributed by atoms with E-state index >= 15 is 0 Å². The minimum absolute atomic E-state index is 0.0988. The van der Waals surface area contributed by atoms with Crippen molar-refractivity contribution in [3.63, 3.8) is 0 Å². The number of nitrogens with one attached hydrogen (secondary N) is 1. The fourth-order valence-corrected chi connectivity index (χ4v) is 1.53. The number of hydrogen-bond acceptors (Lipinski definition) is 3. The van der Waals surface area contributed by atoms with Gasteiger partial charge >= 0.3 is 0 Å². The van der Waals surface area contributed by atoms with E-state index in [9.17, 15) is 4.79 Å². The molecule has 1 saturated carbocycles. The number of para-hydroxylation sites is 1. The molecule has 3 N–H and O–H groups in total. The Morgan fingerprint density at radius 1 is 1.56 bits per heavy atom. The molecule has 1 aliphatic carbocycles. The summed E-state index contributed by atoms with van der Waals surface area (Å²) in [5.41, 5.74) is 6.81. The van der Waals surface area contributed by atoms with Gasteiger partial charge in [-0.25, -0.2) is 0 Å². The molecule has 0 heterocycles. The Kier molecular flexibility index (Phi) is 2.99. The number of nitrogens with two attached hydrogens (primary N) is 1. The average molecular weight is 220 g/mol. The maximum Gasteiger partial charge on any atom is 0.255 e. The first-order valence-corrected chi connectivity index (χ1v) is 5.54. The molecule has 0 spiro atoms. The third kappa shape index (κ3) is 2.27. The van der Waals surface area contributed by atoms with Gasteiger partial charge in [0, 0.05) is 6.04 Å². The van der Waals surface area contributed by atoms with Gasteiger partial charge in [0.15, 0.2) is 5.75 Å². The topological polar surface area (TPSA) is 64.3 Å². The Hall–Kier alpha value is -1.71. The molecular formula is C12H16N2O2. The zero-order valence-corrected chi connectivity index (χ0v) is 9.32. The van der Waals surface area contributed by atoms with Crippen molar-refractivity contribution in [2.24, 2.45) is 0 Å². The van der Waals surface area contributed by atoms with Crippen LogP contribution in [0, 0.1) is 0 Å². The summed E-state index contributed by atoms with van der Waals surface area (Å²) in [5, 5.41) is 2.92. The molecule has 1 amide bonds. The van der Waals surface area contributed by atoms with Crippen LogP contribution in [0.5, 0.6) is 5.75 Å². The molecule has 0 saturated heterocycles. The van der Waals surface area contributed by atoms with E-state index in [1.54, 1.807) is 18.2 Å². The van der Waals surface area contributed by atoms with E-state index in [0.717, 1.165) is 12.8 Å². The molecule has 0 radical (unpaired) electrons. The molecule has 4 heteroatoms. The quantitative estimate of drug-likeness (QED) is 0.757. The smallest absolute Gasteiger partial charge is 0.255 e. The Morgan fingerprint density at radius 2 is 2.31 bits per heavy atom. The van der Waals surface area contributed by atoms with Gasteiger partial charge in [-0.15, -0.1) is 0 Å². The fourth-order valence-electron chi connectivity index (χ4n) is 1.53. The zero-order chi connectivity index (χ0) is 11.5. The van der Waals surface area contributed by atoms with Crippen molar-refractivity contribution < 1.29 is 9.53 Å². The van der Waals surface area contributed by atoms with Crippen LogP contribution in [0.2, 0.25) is 0 Å². The lowest BCUT2D eigenvalue weighted by Crippen LogP contribution is -2.26. The molecule has 0 bridgehead atoms. The molecule has 16 heavy (non-hydrogen) atoms. The minimum atomic E-state index is -0.0988. The standard InChI is InChI=1S/C12H16N2O2/c1-2-16-11-9(4-3-5-10(11)13)12(15)14-8-6-7-8/h3-5,8H,2,6-7,13H2,1H3,(H,14,15). The predicted molar refractivity (Wildman–Crippen MR) is 62.5 cm³/mol. The summed E-state index contributed by atoms with van der Waals surface area (Å²) in [7, 11) is 0. The van der Waals surface area contributed by atoms with Crippen LogP contribution in [-0.2, 0) is 0 Å². The molecule has 1 aromatic rings. The van der Waals surface area contributed by atoms with E-state index in [1.165, 1.54) is 0 Å². The molecule has 0 unspecified atom stereocenters. The summed E-state index contributed by atoms with van der Waals surface area (Å²) in [6.45, 7) is 2.37. The molecule has 1 aromatic carbocycles. The van der Waals surface area contributed by atoms with Gasteiger partial charge < -0.3 is 15.8 Å². The predicted octanol–water partition coefficient (Wildman–Crippen LogP) is 1.56. The largest absolute Gasteiger partial charge is 0.491 e. The molecule has 4 nitrogen and oxygen atoms in total. The Balaban J connectivity index is 2.23. The summed E-state index contributed by atoms with van der Waals surface area (Å²) < 4.78 is 5.41. The number of anilines is 1. The number of nitrogen functional groups attached to an aromatic ring is 1. The highest BCUT2D eigenvalue weighted by molar-refractivity contribution is 5.98. The molecule has 2 rings (SSSR count). The van der Waals surface area contributed by atoms with E-state index in [4.69, 9.17) is 10.5 Å². The highest BCUT2D eigenvalue weighted by Gasteiger charge is 2.25. The number of ether oxygens (including phenoxy) is 1. The van der Waals surface area contributed by atoms with Gasteiger partial charge in [-0.2, -0.15) is 0 Å². The Labute approximate surface area is 94.8 Å². The lowest BCUT2D eigenvalue weighted by Gasteiger charge is -2.12. The molecule has 1 aliphatic rings. The van der Waals surface area contributed by atoms with Crippen molar-refractivity contribution in [2.75, 3.05) is 12.3 Å². The monoisotopic (exact) mass is 220 g/mol. The fraction of sp³-hybridized carbons (Fsp3) is 0.417. The van der Waals surface area contributed by atoms with E-state index in [0.29, 0.717) is 29.6 Å². The summed E-state index contributed by atoms with van der Waals surface area (Å²) in [6.07, 6.45) is 2.13. The van der Waals surface area contributed by atoms with Crippen molar-refractivity contribution in [1.29, 1.82) is 0 Å². The van der Waals surface area contributed by atoms with Crippen LogP contribution in [0.1, 0.15) is 30.1 Å². The first kappa shape index (κ1) is 10.8. The number of hydrogen-bond donors (Lipinski definition) is 2. The van der Waals surface area contributed by atoms with Crippen LogP contribution in [0.15, 0.2) is 18.2 Å². The maximum absolute atomic E-state index is 11.9. The van der Waals surface area contributed by atoms with Gasteiger partial charge in [0.2, 0.25) is 0 Å². The molecule has 0 aromatic heterocycles. The second-order valence-electron chi connectivity index (χ2n) is 3.90. The van der Waals surface area contributed by atoms with E-state index in [1.807, 2.05) is 6.92 Å². The maximum atomic E-state index is 11.9. The summed E-state index contributed by atoms with van der Waals surface area (Å²) in [4.78, 5) is 11.9. The molecule has 1 fully saturated rings. The first-order chi connectivity index (χ1) is 7.72. The number of carbonyl (C=O) groups excluding carboxylic acids is 1. The normalized spacial score (nSPS) is 14.6. The van der Waals surface area contributed by atoms with Crippen LogP contribution in [0.4, 0.5) is 5.69 Å². The molecule has 0 atom stereocenters. The van der Waals surface area contributed by atoms with Gasteiger partial charge in [0.25, 0.3) is 5.91 Å².